The van der Waals surface area contributed by atoms with Gasteiger partial charge in [0.05, 0.1) is 0 Å². The molecule has 1 atom stereocenters. The normalized spacial score (nSPS) is 11.7. The van der Waals surface area contributed by atoms with Crippen molar-refractivity contribution >= 4 is 11.7 Å². The molecular weight excluding hydrogens is 264 g/mol. The molecule has 1 aromatic heterocycles. The van der Waals surface area contributed by atoms with Gasteiger partial charge in [0.15, 0.2) is 6.61 Å². The maximum Gasteiger partial charge on any atom is 0.263 e. The minimum Gasteiger partial charge on any atom is -0.483 e. The van der Waals surface area contributed by atoms with E-state index in [0.717, 1.165) is 17.7 Å². The van der Waals surface area contributed by atoms with Crippen LogP contribution >= 0.6 is 0 Å². The van der Waals surface area contributed by atoms with Gasteiger partial charge in [-0.05, 0) is 36.1 Å². The molecule has 2 rings (SSSR count). The van der Waals surface area contributed by atoms with Crippen LogP contribution in [0, 0.1) is 0 Å². The van der Waals surface area contributed by atoms with E-state index in [2.05, 4.69) is 24.1 Å². The summed E-state index contributed by atoms with van der Waals surface area (Å²) in [6, 6.07) is 13.2. The lowest BCUT2D eigenvalue weighted by Crippen LogP contribution is -2.21. The molecule has 0 saturated carbocycles. The fourth-order valence-electron chi connectivity index (χ4n) is 2.00. The summed E-state index contributed by atoms with van der Waals surface area (Å²) in [5, 5.41) is 2.70. The number of amides is 1. The number of hydrogen-bond donors (Lipinski definition) is 1. The molecule has 1 unspecified atom stereocenters. The lowest BCUT2D eigenvalue weighted by molar-refractivity contribution is -0.118. The van der Waals surface area contributed by atoms with Crippen molar-refractivity contribution in [3.05, 3.63) is 54.2 Å². The quantitative estimate of drug-likeness (QED) is 0.881. The minimum absolute atomic E-state index is 0.0238. The number of nitrogens with zero attached hydrogens (tertiary/aromatic N) is 1. The van der Waals surface area contributed by atoms with Crippen molar-refractivity contribution in [2.45, 2.75) is 26.2 Å². The third-order valence-electron chi connectivity index (χ3n) is 3.35. The summed E-state index contributed by atoms with van der Waals surface area (Å²) < 4.78 is 5.65. The highest BCUT2D eigenvalue weighted by atomic mass is 16.5. The van der Waals surface area contributed by atoms with Gasteiger partial charge in [-0.15, -0.1) is 0 Å². The fourth-order valence-corrected chi connectivity index (χ4v) is 2.00. The van der Waals surface area contributed by atoms with Crippen LogP contribution in [0.4, 0.5) is 5.82 Å². The van der Waals surface area contributed by atoms with Crippen molar-refractivity contribution in [3.8, 4) is 5.75 Å². The molecule has 1 aromatic carbocycles. The van der Waals surface area contributed by atoms with Crippen molar-refractivity contribution in [1.82, 2.24) is 4.98 Å². The summed E-state index contributed by atoms with van der Waals surface area (Å²) in [4.78, 5) is 15.9. The van der Waals surface area contributed by atoms with E-state index >= 15 is 0 Å². The van der Waals surface area contributed by atoms with E-state index < -0.39 is 0 Å². The molecule has 4 heteroatoms. The van der Waals surface area contributed by atoms with Crippen molar-refractivity contribution in [1.29, 1.82) is 0 Å². The molecule has 0 aliphatic heterocycles. The summed E-state index contributed by atoms with van der Waals surface area (Å²) in [5.41, 5.74) is 1.13. The van der Waals surface area contributed by atoms with Crippen LogP contribution in [0.25, 0.3) is 0 Å². The third-order valence-corrected chi connectivity index (χ3v) is 3.35. The molecule has 2 aromatic rings. The molecule has 0 radical (unpaired) electrons. The Morgan fingerprint density at radius 1 is 1.24 bits per heavy atom. The van der Waals surface area contributed by atoms with Gasteiger partial charge >= 0.3 is 0 Å². The zero-order chi connectivity index (χ0) is 15.1. The fraction of sp³-hybridized carbons (Fsp3) is 0.294. The number of benzene rings is 1. The zero-order valence-electron chi connectivity index (χ0n) is 12.4. The summed E-state index contributed by atoms with van der Waals surface area (Å²) >= 11 is 0. The van der Waals surface area contributed by atoms with Gasteiger partial charge in [-0.3, -0.25) is 4.79 Å². The Labute approximate surface area is 125 Å². The number of carbonyl (C=O) groups excluding carboxylic acids is 1. The van der Waals surface area contributed by atoms with Gasteiger partial charge in [-0.1, -0.05) is 38.1 Å². The van der Waals surface area contributed by atoms with E-state index in [9.17, 15) is 4.79 Å². The van der Waals surface area contributed by atoms with Crippen molar-refractivity contribution in [2.24, 2.45) is 0 Å². The van der Waals surface area contributed by atoms with Crippen LogP contribution in [0.1, 0.15) is 31.7 Å². The van der Waals surface area contributed by atoms with Crippen molar-refractivity contribution < 1.29 is 9.53 Å². The Hall–Kier alpha value is -2.36. The van der Waals surface area contributed by atoms with Crippen molar-refractivity contribution in [3.63, 3.8) is 0 Å². The highest BCUT2D eigenvalue weighted by Crippen LogP contribution is 2.28. The first kappa shape index (κ1) is 15.0. The predicted molar refractivity (Wildman–Crippen MR) is 83.5 cm³/mol. The van der Waals surface area contributed by atoms with E-state index in [0.29, 0.717) is 11.7 Å². The Morgan fingerprint density at radius 2 is 2.00 bits per heavy atom. The first-order valence-corrected chi connectivity index (χ1v) is 7.13. The highest BCUT2D eigenvalue weighted by molar-refractivity contribution is 5.90. The van der Waals surface area contributed by atoms with Gasteiger partial charge < -0.3 is 10.1 Å². The average molecular weight is 284 g/mol. The lowest BCUT2D eigenvalue weighted by atomic mass is 9.98. The number of hydrogen-bond acceptors (Lipinski definition) is 3. The largest absolute Gasteiger partial charge is 0.483 e. The Kier molecular flexibility index (Phi) is 5.32. The lowest BCUT2D eigenvalue weighted by Gasteiger charge is -2.15. The molecule has 0 saturated heterocycles. The maximum absolute atomic E-state index is 11.9. The monoisotopic (exact) mass is 284 g/mol. The Morgan fingerprint density at radius 3 is 2.71 bits per heavy atom. The molecule has 0 bridgehead atoms. The van der Waals surface area contributed by atoms with Gasteiger partial charge in [0.2, 0.25) is 0 Å². The van der Waals surface area contributed by atoms with Gasteiger partial charge in [0.1, 0.15) is 11.6 Å². The van der Waals surface area contributed by atoms with Crippen LogP contribution in [-0.2, 0) is 4.79 Å². The first-order valence-electron chi connectivity index (χ1n) is 7.13. The van der Waals surface area contributed by atoms with E-state index in [-0.39, 0.29) is 12.5 Å². The third kappa shape index (κ3) is 4.31. The van der Waals surface area contributed by atoms with Crippen LogP contribution in [0.5, 0.6) is 5.75 Å². The molecule has 1 amide bonds. The molecule has 0 aliphatic rings. The van der Waals surface area contributed by atoms with Gasteiger partial charge in [0.25, 0.3) is 5.91 Å². The molecule has 1 N–H and O–H groups in total. The van der Waals surface area contributed by atoms with Gasteiger partial charge in [-0.25, -0.2) is 4.98 Å². The number of para-hydroxylation sites is 1. The maximum atomic E-state index is 11.9. The minimum atomic E-state index is -0.215. The van der Waals surface area contributed by atoms with Crippen LogP contribution in [0.2, 0.25) is 0 Å². The van der Waals surface area contributed by atoms with Crippen LogP contribution < -0.4 is 10.1 Å². The molecule has 1 heterocycles. The number of aromatic nitrogens is 1. The van der Waals surface area contributed by atoms with E-state index in [1.165, 1.54) is 0 Å². The number of ether oxygens (including phenoxy) is 1. The highest BCUT2D eigenvalue weighted by Gasteiger charge is 2.11. The molecule has 110 valence electrons. The predicted octanol–water partition coefficient (Wildman–Crippen LogP) is 3.61. The van der Waals surface area contributed by atoms with E-state index in [1.807, 2.05) is 30.3 Å². The van der Waals surface area contributed by atoms with Crippen molar-refractivity contribution in [2.75, 3.05) is 11.9 Å². The molecule has 4 nitrogen and oxygen atoms in total. The number of pyridine rings is 1. The Bertz CT molecular complexity index is 584. The SMILES string of the molecule is CCC(C)c1ccccc1OCC(=O)Nc1ccccn1. The van der Waals surface area contributed by atoms with E-state index in [1.54, 1.807) is 18.3 Å². The van der Waals surface area contributed by atoms with Gasteiger partial charge in [0, 0.05) is 6.20 Å². The topological polar surface area (TPSA) is 51.2 Å². The number of nitrogens with one attached hydrogen (secondary N) is 1. The standard InChI is InChI=1S/C17H20N2O2/c1-3-13(2)14-8-4-5-9-15(14)21-12-17(20)19-16-10-6-7-11-18-16/h4-11,13H,3,12H2,1-2H3,(H,18,19,20). The number of anilines is 1. The first-order chi connectivity index (χ1) is 10.2. The smallest absolute Gasteiger partial charge is 0.263 e. The summed E-state index contributed by atoms with van der Waals surface area (Å²) in [6.45, 7) is 4.26. The second-order valence-corrected chi connectivity index (χ2v) is 4.90. The molecule has 0 fully saturated rings. The number of carbonyl (C=O) groups is 1. The van der Waals surface area contributed by atoms with Gasteiger partial charge in [-0.2, -0.15) is 0 Å². The van der Waals surface area contributed by atoms with Crippen LogP contribution in [0.15, 0.2) is 48.7 Å². The second kappa shape index (κ2) is 7.43. The zero-order valence-corrected chi connectivity index (χ0v) is 12.4. The summed E-state index contributed by atoms with van der Waals surface area (Å²) in [6.07, 6.45) is 2.66. The number of rotatable bonds is 6. The van der Waals surface area contributed by atoms with Crippen LogP contribution in [0.3, 0.4) is 0 Å². The molecular formula is C17H20N2O2. The van der Waals surface area contributed by atoms with Crippen LogP contribution in [-0.4, -0.2) is 17.5 Å². The summed E-state index contributed by atoms with van der Waals surface area (Å²) in [7, 11) is 0. The second-order valence-electron chi connectivity index (χ2n) is 4.90. The van der Waals surface area contributed by atoms with E-state index in [4.69, 9.17) is 4.74 Å². The molecule has 0 aliphatic carbocycles. The Balaban J connectivity index is 1.95. The molecule has 0 spiro atoms. The summed E-state index contributed by atoms with van der Waals surface area (Å²) in [5.74, 6) is 1.48. The molecule has 21 heavy (non-hydrogen) atoms. The average Bonchev–Trinajstić information content (AvgIpc) is 2.53.